The first-order valence-electron chi connectivity index (χ1n) is 7.42. The standard InChI is InChI=1S/C16H27N3/c1-14(2)19(12-15-6-4-3-5-7-15)16-8-10-18(13-16)11-9-17/h3-7,14,16H,8-13,17H2,1-2H3/t16-/m0/s1. The Morgan fingerprint density at radius 3 is 2.68 bits per heavy atom. The molecular weight excluding hydrogens is 234 g/mol. The lowest BCUT2D eigenvalue weighted by Crippen LogP contribution is -2.42. The first-order valence-corrected chi connectivity index (χ1v) is 7.42. The molecule has 106 valence electrons. The largest absolute Gasteiger partial charge is 0.329 e. The molecule has 0 saturated carbocycles. The Hall–Kier alpha value is -0.900. The summed E-state index contributed by atoms with van der Waals surface area (Å²) in [6, 6.07) is 12.0. The quantitative estimate of drug-likeness (QED) is 0.849. The molecule has 0 aliphatic carbocycles. The zero-order valence-electron chi connectivity index (χ0n) is 12.3. The van der Waals surface area contributed by atoms with Crippen LogP contribution in [-0.4, -0.2) is 48.1 Å². The Labute approximate surface area is 117 Å². The summed E-state index contributed by atoms with van der Waals surface area (Å²) in [7, 11) is 0. The van der Waals surface area contributed by atoms with Gasteiger partial charge in [-0.05, 0) is 32.4 Å². The van der Waals surface area contributed by atoms with E-state index in [1.807, 2.05) is 0 Å². The lowest BCUT2D eigenvalue weighted by atomic mass is 10.1. The molecule has 1 atom stereocenters. The summed E-state index contributed by atoms with van der Waals surface area (Å²) in [5.41, 5.74) is 7.07. The summed E-state index contributed by atoms with van der Waals surface area (Å²) in [5.74, 6) is 0. The van der Waals surface area contributed by atoms with Crippen LogP contribution < -0.4 is 5.73 Å². The van der Waals surface area contributed by atoms with E-state index in [0.717, 1.165) is 19.6 Å². The average molecular weight is 261 g/mol. The van der Waals surface area contributed by atoms with Crippen molar-refractivity contribution < 1.29 is 0 Å². The van der Waals surface area contributed by atoms with E-state index >= 15 is 0 Å². The van der Waals surface area contributed by atoms with Crippen molar-refractivity contribution in [1.29, 1.82) is 0 Å². The van der Waals surface area contributed by atoms with E-state index in [2.05, 4.69) is 54.0 Å². The van der Waals surface area contributed by atoms with Crippen molar-refractivity contribution in [3.05, 3.63) is 35.9 Å². The molecule has 0 radical (unpaired) electrons. The van der Waals surface area contributed by atoms with Gasteiger partial charge in [0.05, 0.1) is 0 Å². The summed E-state index contributed by atoms with van der Waals surface area (Å²) in [6.45, 7) is 9.83. The van der Waals surface area contributed by atoms with Crippen LogP contribution in [0.25, 0.3) is 0 Å². The Bertz CT molecular complexity index is 364. The maximum absolute atomic E-state index is 5.66. The van der Waals surface area contributed by atoms with Gasteiger partial charge in [0, 0.05) is 38.3 Å². The van der Waals surface area contributed by atoms with Crippen LogP contribution in [0.15, 0.2) is 30.3 Å². The number of nitrogens with zero attached hydrogens (tertiary/aromatic N) is 2. The third-order valence-electron chi connectivity index (χ3n) is 4.03. The smallest absolute Gasteiger partial charge is 0.0241 e. The lowest BCUT2D eigenvalue weighted by Gasteiger charge is -2.32. The third kappa shape index (κ3) is 4.03. The van der Waals surface area contributed by atoms with Gasteiger partial charge in [-0.25, -0.2) is 0 Å². The van der Waals surface area contributed by atoms with Gasteiger partial charge >= 0.3 is 0 Å². The van der Waals surface area contributed by atoms with Crippen molar-refractivity contribution in [2.24, 2.45) is 5.73 Å². The summed E-state index contributed by atoms with van der Waals surface area (Å²) < 4.78 is 0. The zero-order chi connectivity index (χ0) is 13.7. The summed E-state index contributed by atoms with van der Waals surface area (Å²) in [6.07, 6.45) is 1.27. The molecule has 1 aromatic carbocycles. The third-order valence-corrected chi connectivity index (χ3v) is 4.03. The van der Waals surface area contributed by atoms with Crippen LogP contribution in [0.1, 0.15) is 25.8 Å². The Kier molecular flexibility index (Phi) is 5.37. The second-order valence-corrected chi connectivity index (χ2v) is 5.78. The van der Waals surface area contributed by atoms with Crippen molar-refractivity contribution >= 4 is 0 Å². The number of benzene rings is 1. The second-order valence-electron chi connectivity index (χ2n) is 5.78. The monoisotopic (exact) mass is 261 g/mol. The number of nitrogens with two attached hydrogens (primary N) is 1. The molecule has 1 aliphatic heterocycles. The van der Waals surface area contributed by atoms with E-state index in [4.69, 9.17) is 5.73 Å². The molecular formula is C16H27N3. The maximum atomic E-state index is 5.66. The first kappa shape index (κ1) is 14.5. The molecule has 1 fully saturated rings. The Morgan fingerprint density at radius 2 is 2.05 bits per heavy atom. The van der Waals surface area contributed by atoms with Crippen molar-refractivity contribution in [2.45, 2.75) is 38.9 Å². The molecule has 0 aromatic heterocycles. The molecule has 2 N–H and O–H groups in total. The Balaban J connectivity index is 1.97. The summed E-state index contributed by atoms with van der Waals surface area (Å²) in [5, 5.41) is 0. The fourth-order valence-electron chi connectivity index (χ4n) is 3.00. The van der Waals surface area contributed by atoms with Crippen LogP contribution in [0.4, 0.5) is 0 Å². The Morgan fingerprint density at radius 1 is 1.32 bits per heavy atom. The van der Waals surface area contributed by atoms with Crippen LogP contribution in [0, 0.1) is 0 Å². The van der Waals surface area contributed by atoms with Crippen LogP contribution >= 0.6 is 0 Å². The minimum absolute atomic E-state index is 0.586. The molecule has 0 spiro atoms. The average Bonchev–Trinajstić information content (AvgIpc) is 2.85. The van der Waals surface area contributed by atoms with Gasteiger partial charge in [-0.2, -0.15) is 0 Å². The first-order chi connectivity index (χ1) is 9.20. The van der Waals surface area contributed by atoms with E-state index in [1.165, 1.54) is 25.1 Å². The van der Waals surface area contributed by atoms with Crippen molar-refractivity contribution in [3.63, 3.8) is 0 Å². The highest BCUT2D eigenvalue weighted by Crippen LogP contribution is 2.20. The molecule has 2 rings (SSSR count). The number of hydrogen-bond acceptors (Lipinski definition) is 3. The van der Waals surface area contributed by atoms with E-state index in [9.17, 15) is 0 Å². The number of likely N-dealkylation sites (tertiary alicyclic amines) is 1. The molecule has 1 heterocycles. The van der Waals surface area contributed by atoms with Crippen molar-refractivity contribution in [2.75, 3.05) is 26.2 Å². The highest BCUT2D eigenvalue weighted by Gasteiger charge is 2.28. The minimum atomic E-state index is 0.586. The van der Waals surface area contributed by atoms with Crippen LogP contribution in [-0.2, 0) is 6.54 Å². The SMILES string of the molecule is CC(C)N(Cc1ccccc1)[C@H]1CCN(CCN)C1. The maximum Gasteiger partial charge on any atom is 0.0241 e. The fraction of sp³-hybridized carbons (Fsp3) is 0.625. The van der Waals surface area contributed by atoms with Gasteiger partial charge in [-0.15, -0.1) is 0 Å². The van der Waals surface area contributed by atoms with E-state index < -0.39 is 0 Å². The van der Waals surface area contributed by atoms with Gasteiger partial charge in [-0.1, -0.05) is 30.3 Å². The fourth-order valence-corrected chi connectivity index (χ4v) is 3.00. The topological polar surface area (TPSA) is 32.5 Å². The highest BCUT2D eigenvalue weighted by atomic mass is 15.3. The predicted octanol–water partition coefficient (Wildman–Crippen LogP) is 1.93. The normalized spacial score (nSPS) is 20.6. The van der Waals surface area contributed by atoms with Gasteiger partial charge in [0.25, 0.3) is 0 Å². The van der Waals surface area contributed by atoms with Crippen LogP contribution in [0.5, 0.6) is 0 Å². The van der Waals surface area contributed by atoms with E-state index in [-0.39, 0.29) is 0 Å². The zero-order valence-corrected chi connectivity index (χ0v) is 12.3. The lowest BCUT2D eigenvalue weighted by molar-refractivity contribution is 0.144. The highest BCUT2D eigenvalue weighted by molar-refractivity contribution is 5.14. The van der Waals surface area contributed by atoms with Gasteiger partial charge in [0.15, 0.2) is 0 Å². The molecule has 0 bridgehead atoms. The van der Waals surface area contributed by atoms with Gasteiger partial charge in [-0.3, -0.25) is 4.90 Å². The molecule has 0 unspecified atom stereocenters. The number of rotatable bonds is 6. The molecule has 1 aliphatic rings. The molecule has 3 nitrogen and oxygen atoms in total. The van der Waals surface area contributed by atoms with Crippen molar-refractivity contribution in [1.82, 2.24) is 9.80 Å². The summed E-state index contributed by atoms with van der Waals surface area (Å²) >= 11 is 0. The van der Waals surface area contributed by atoms with E-state index in [0.29, 0.717) is 12.1 Å². The molecule has 1 aromatic rings. The number of hydrogen-bond donors (Lipinski definition) is 1. The van der Waals surface area contributed by atoms with Crippen molar-refractivity contribution in [3.8, 4) is 0 Å². The second kappa shape index (κ2) is 7.04. The molecule has 19 heavy (non-hydrogen) atoms. The van der Waals surface area contributed by atoms with Gasteiger partial charge in [0.2, 0.25) is 0 Å². The molecule has 1 saturated heterocycles. The van der Waals surface area contributed by atoms with Gasteiger partial charge < -0.3 is 10.6 Å². The summed E-state index contributed by atoms with van der Waals surface area (Å²) in [4.78, 5) is 5.12. The van der Waals surface area contributed by atoms with Crippen LogP contribution in [0.3, 0.4) is 0 Å². The predicted molar refractivity (Wildman–Crippen MR) is 81.0 cm³/mol. The van der Waals surface area contributed by atoms with Crippen LogP contribution in [0.2, 0.25) is 0 Å². The van der Waals surface area contributed by atoms with E-state index in [1.54, 1.807) is 0 Å². The molecule has 3 heteroatoms. The minimum Gasteiger partial charge on any atom is -0.329 e. The van der Waals surface area contributed by atoms with Gasteiger partial charge in [0.1, 0.15) is 0 Å². The molecule has 0 amide bonds.